The summed E-state index contributed by atoms with van der Waals surface area (Å²) < 4.78 is 22.5. The number of nitriles is 1. The maximum Gasteiger partial charge on any atom is 0.338 e. The van der Waals surface area contributed by atoms with Gasteiger partial charge in [0.1, 0.15) is 24.0 Å². The van der Waals surface area contributed by atoms with Crippen LogP contribution >= 0.6 is 0 Å². The molecule has 2 aromatic rings. The topological polar surface area (TPSA) is 104 Å². The van der Waals surface area contributed by atoms with Gasteiger partial charge in [0, 0.05) is 5.56 Å². The summed E-state index contributed by atoms with van der Waals surface area (Å²) in [6.45, 7) is 5.79. The fourth-order valence-corrected chi connectivity index (χ4v) is 3.70. The van der Waals surface area contributed by atoms with Crippen molar-refractivity contribution in [1.29, 1.82) is 5.26 Å². The summed E-state index contributed by atoms with van der Waals surface area (Å²) in [5, 5.41) is 9.85. The van der Waals surface area contributed by atoms with Crippen molar-refractivity contribution < 1.29 is 23.7 Å². The number of esters is 1. The van der Waals surface area contributed by atoms with E-state index in [0.717, 1.165) is 11.1 Å². The van der Waals surface area contributed by atoms with Crippen molar-refractivity contribution in [3.05, 3.63) is 81.9 Å². The van der Waals surface area contributed by atoms with Gasteiger partial charge in [-0.3, -0.25) is 0 Å². The predicted octanol–water partition coefficient (Wildman–Crippen LogP) is 4.23. The Morgan fingerprint density at radius 3 is 2.62 bits per heavy atom. The molecule has 1 atom stereocenters. The van der Waals surface area contributed by atoms with Gasteiger partial charge < -0.3 is 24.7 Å². The Hall–Kier alpha value is -3.92. The number of carbonyl (C=O) groups is 1. The third-order valence-corrected chi connectivity index (χ3v) is 5.11. The number of allylic oxidation sites excluding steroid dienone is 2. The van der Waals surface area contributed by atoms with E-state index in [1.165, 1.54) is 7.11 Å². The third kappa shape index (κ3) is 4.54. The summed E-state index contributed by atoms with van der Waals surface area (Å²) in [5.41, 5.74) is 8.97. The highest BCUT2D eigenvalue weighted by Gasteiger charge is 2.38. The minimum Gasteiger partial charge on any atom is -0.493 e. The van der Waals surface area contributed by atoms with E-state index in [9.17, 15) is 10.1 Å². The highest BCUT2D eigenvalue weighted by molar-refractivity contribution is 5.93. The van der Waals surface area contributed by atoms with Crippen molar-refractivity contribution in [3.8, 4) is 17.6 Å². The lowest BCUT2D eigenvalue weighted by Crippen LogP contribution is -2.26. The normalized spacial score (nSPS) is 15.7. The van der Waals surface area contributed by atoms with Crippen molar-refractivity contribution in [2.45, 2.75) is 33.3 Å². The second-order valence-electron chi connectivity index (χ2n) is 7.27. The number of hydrogen-bond acceptors (Lipinski definition) is 7. The second kappa shape index (κ2) is 9.92. The number of aryl methyl sites for hydroxylation is 1. The maximum atomic E-state index is 12.8. The van der Waals surface area contributed by atoms with Crippen molar-refractivity contribution >= 4 is 5.97 Å². The average Bonchev–Trinajstić information content (AvgIpc) is 2.77. The number of rotatable bonds is 7. The first-order chi connectivity index (χ1) is 15.4. The standard InChI is InChI=1S/C25H26N2O5/c1-5-30-25(28)21-16(3)32-24(27)19(13-26)22(21)18-10-7-11-20(29-4)23(18)31-14-17-9-6-8-15(2)12-17/h6-12,22H,5,14,27H2,1-4H3. The molecule has 1 aliphatic heterocycles. The molecule has 0 spiro atoms. The van der Waals surface area contributed by atoms with Crippen LogP contribution in [-0.4, -0.2) is 19.7 Å². The summed E-state index contributed by atoms with van der Waals surface area (Å²) in [7, 11) is 1.53. The molecule has 0 fully saturated rings. The molecule has 2 N–H and O–H groups in total. The average molecular weight is 434 g/mol. The molecule has 0 bridgehead atoms. The number of nitrogens with zero attached hydrogens (tertiary/aromatic N) is 1. The zero-order chi connectivity index (χ0) is 23.3. The molecule has 32 heavy (non-hydrogen) atoms. The summed E-state index contributed by atoms with van der Waals surface area (Å²) in [6, 6.07) is 15.3. The van der Waals surface area contributed by atoms with E-state index in [1.54, 1.807) is 32.0 Å². The number of carbonyl (C=O) groups excluding carboxylic acids is 1. The summed E-state index contributed by atoms with van der Waals surface area (Å²) >= 11 is 0. The van der Waals surface area contributed by atoms with Crippen LogP contribution in [-0.2, 0) is 20.9 Å². The monoisotopic (exact) mass is 434 g/mol. The Morgan fingerprint density at radius 2 is 1.97 bits per heavy atom. The molecule has 1 aliphatic rings. The molecule has 3 rings (SSSR count). The molecule has 1 unspecified atom stereocenters. The molecule has 0 saturated heterocycles. The lowest BCUT2D eigenvalue weighted by atomic mass is 9.82. The number of nitrogens with two attached hydrogens (primary N) is 1. The number of ether oxygens (including phenoxy) is 4. The zero-order valence-corrected chi connectivity index (χ0v) is 18.6. The summed E-state index contributed by atoms with van der Waals surface area (Å²) in [4.78, 5) is 12.8. The van der Waals surface area contributed by atoms with Gasteiger partial charge in [-0.25, -0.2) is 4.79 Å². The van der Waals surface area contributed by atoms with Crippen LogP contribution in [0.1, 0.15) is 36.5 Å². The number of benzene rings is 2. The Morgan fingerprint density at radius 1 is 1.22 bits per heavy atom. The van der Waals surface area contributed by atoms with Crippen LogP contribution in [0.5, 0.6) is 11.5 Å². The van der Waals surface area contributed by atoms with Crippen molar-refractivity contribution in [1.82, 2.24) is 0 Å². The number of para-hydroxylation sites is 1. The molecule has 0 aliphatic carbocycles. The van der Waals surface area contributed by atoms with Gasteiger partial charge in [-0.2, -0.15) is 5.26 Å². The van der Waals surface area contributed by atoms with Gasteiger partial charge in [-0.05, 0) is 32.4 Å². The fourth-order valence-electron chi connectivity index (χ4n) is 3.70. The molecule has 2 aromatic carbocycles. The van der Waals surface area contributed by atoms with Crippen LogP contribution in [0.15, 0.2) is 65.3 Å². The minimum atomic E-state index is -0.824. The van der Waals surface area contributed by atoms with Crippen LogP contribution in [0.4, 0.5) is 0 Å². The highest BCUT2D eigenvalue weighted by Crippen LogP contribution is 2.46. The minimum absolute atomic E-state index is 0.0597. The second-order valence-corrected chi connectivity index (χ2v) is 7.27. The summed E-state index contributed by atoms with van der Waals surface area (Å²) in [5.74, 6) is -0.303. The van der Waals surface area contributed by atoms with Gasteiger partial charge in [0.25, 0.3) is 0 Å². The predicted molar refractivity (Wildman–Crippen MR) is 118 cm³/mol. The van der Waals surface area contributed by atoms with Gasteiger partial charge in [0.2, 0.25) is 5.88 Å². The van der Waals surface area contributed by atoms with Crippen molar-refractivity contribution in [3.63, 3.8) is 0 Å². The Kier molecular flexibility index (Phi) is 7.06. The van der Waals surface area contributed by atoms with E-state index in [1.807, 2.05) is 31.2 Å². The van der Waals surface area contributed by atoms with Gasteiger partial charge in [-0.1, -0.05) is 42.0 Å². The first-order valence-corrected chi connectivity index (χ1v) is 10.2. The molecular formula is C25H26N2O5. The van der Waals surface area contributed by atoms with E-state index in [0.29, 0.717) is 17.1 Å². The van der Waals surface area contributed by atoms with Crippen LogP contribution in [0.25, 0.3) is 0 Å². The molecule has 0 aromatic heterocycles. The molecule has 1 heterocycles. The SMILES string of the molecule is CCOC(=O)C1=C(C)OC(N)=C(C#N)C1c1cccc(OC)c1OCc1cccc(C)c1. The van der Waals surface area contributed by atoms with Crippen LogP contribution in [0.2, 0.25) is 0 Å². The summed E-state index contributed by atoms with van der Waals surface area (Å²) in [6.07, 6.45) is 0. The quantitative estimate of drug-likeness (QED) is 0.651. The molecular weight excluding hydrogens is 408 g/mol. The number of methoxy groups -OCH3 is 1. The van der Waals surface area contributed by atoms with Crippen molar-refractivity contribution in [2.24, 2.45) is 5.73 Å². The third-order valence-electron chi connectivity index (χ3n) is 5.11. The van der Waals surface area contributed by atoms with Gasteiger partial charge in [0.05, 0.1) is 25.2 Å². The van der Waals surface area contributed by atoms with E-state index >= 15 is 0 Å². The van der Waals surface area contributed by atoms with E-state index in [4.69, 9.17) is 24.7 Å². The maximum absolute atomic E-state index is 12.8. The molecule has 166 valence electrons. The molecule has 0 radical (unpaired) electrons. The first-order valence-electron chi connectivity index (χ1n) is 10.2. The van der Waals surface area contributed by atoms with Gasteiger partial charge in [0.15, 0.2) is 11.5 Å². The number of hydrogen-bond donors (Lipinski definition) is 1. The van der Waals surface area contributed by atoms with E-state index < -0.39 is 11.9 Å². The fraction of sp³-hybridized carbons (Fsp3) is 0.280. The van der Waals surface area contributed by atoms with Crippen LogP contribution in [0.3, 0.4) is 0 Å². The van der Waals surface area contributed by atoms with E-state index in [-0.39, 0.29) is 36.0 Å². The van der Waals surface area contributed by atoms with Crippen LogP contribution in [0, 0.1) is 18.3 Å². The highest BCUT2D eigenvalue weighted by atomic mass is 16.5. The van der Waals surface area contributed by atoms with Crippen LogP contribution < -0.4 is 15.2 Å². The van der Waals surface area contributed by atoms with Gasteiger partial charge in [-0.15, -0.1) is 0 Å². The van der Waals surface area contributed by atoms with E-state index in [2.05, 4.69) is 6.07 Å². The zero-order valence-electron chi connectivity index (χ0n) is 18.6. The molecule has 7 heteroatoms. The Balaban J connectivity index is 2.13. The van der Waals surface area contributed by atoms with Gasteiger partial charge >= 0.3 is 5.97 Å². The lowest BCUT2D eigenvalue weighted by Gasteiger charge is -2.28. The largest absolute Gasteiger partial charge is 0.493 e. The smallest absolute Gasteiger partial charge is 0.338 e. The Labute approximate surface area is 187 Å². The van der Waals surface area contributed by atoms with Crippen molar-refractivity contribution in [2.75, 3.05) is 13.7 Å². The Bertz CT molecular complexity index is 1130. The molecule has 0 saturated carbocycles. The first kappa shape index (κ1) is 22.8. The molecule has 7 nitrogen and oxygen atoms in total. The lowest BCUT2D eigenvalue weighted by molar-refractivity contribution is -0.139. The molecule has 0 amide bonds.